The Balaban J connectivity index is 4.23. The number of ether oxygens (including phenoxy) is 1. The van der Waals surface area contributed by atoms with Gasteiger partial charge in [-0.3, -0.25) is 4.79 Å². The Morgan fingerprint density at radius 1 is 0.917 bits per heavy atom. The summed E-state index contributed by atoms with van der Waals surface area (Å²) >= 11 is 0. The molecule has 0 aromatic carbocycles. The van der Waals surface area contributed by atoms with Crippen molar-refractivity contribution in [3.8, 4) is 0 Å². The van der Waals surface area contributed by atoms with E-state index >= 15 is 0 Å². The Morgan fingerprint density at radius 2 is 1.42 bits per heavy atom. The van der Waals surface area contributed by atoms with E-state index in [0.717, 1.165) is 25.7 Å². The van der Waals surface area contributed by atoms with E-state index in [1.807, 2.05) is 6.92 Å². The van der Waals surface area contributed by atoms with Gasteiger partial charge in [0.1, 0.15) is 6.04 Å². The zero-order chi connectivity index (χ0) is 18.4. The van der Waals surface area contributed by atoms with Crippen LogP contribution in [0, 0.1) is 5.92 Å². The Morgan fingerprint density at radius 3 is 1.92 bits per heavy atom. The number of nitrogens with two attached hydrogens (primary N) is 1. The monoisotopic (exact) mass is 353 g/mol. The highest BCUT2D eigenvalue weighted by Crippen LogP contribution is 2.28. The topological polar surface area (TPSA) is 52.3 Å². The molecule has 0 radical (unpaired) electrons. The highest BCUT2D eigenvalue weighted by Gasteiger charge is 2.45. The maximum Gasteiger partial charge on any atom is 0.404 e. The van der Waals surface area contributed by atoms with Crippen molar-refractivity contribution in [3.05, 3.63) is 0 Å². The molecule has 0 aliphatic rings. The van der Waals surface area contributed by atoms with Gasteiger partial charge in [-0.1, -0.05) is 71.6 Å². The van der Waals surface area contributed by atoms with E-state index in [-0.39, 0.29) is 13.0 Å². The number of hydrogen-bond acceptors (Lipinski definition) is 3. The summed E-state index contributed by atoms with van der Waals surface area (Å²) in [6, 6.07) is -2.14. The highest BCUT2D eigenvalue weighted by molar-refractivity contribution is 5.73. The summed E-state index contributed by atoms with van der Waals surface area (Å²) in [5, 5.41) is 0. The first-order valence-electron chi connectivity index (χ1n) is 9.33. The van der Waals surface area contributed by atoms with Crippen LogP contribution < -0.4 is 5.73 Å². The van der Waals surface area contributed by atoms with E-state index in [1.54, 1.807) is 0 Å². The van der Waals surface area contributed by atoms with Crippen LogP contribution in [-0.4, -0.2) is 24.8 Å². The Hall–Kier alpha value is -0.780. The third kappa shape index (κ3) is 10.9. The van der Waals surface area contributed by atoms with E-state index in [4.69, 9.17) is 10.5 Å². The second kappa shape index (κ2) is 13.5. The van der Waals surface area contributed by atoms with Crippen LogP contribution in [0.2, 0.25) is 0 Å². The van der Waals surface area contributed by atoms with Crippen molar-refractivity contribution >= 4 is 5.97 Å². The summed E-state index contributed by atoms with van der Waals surface area (Å²) in [5.74, 6) is -2.10. The molecule has 2 atom stereocenters. The lowest BCUT2D eigenvalue weighted by atomic mass is 9.93. The molecular weight excluding hydrogens is 319 g/mol. The first kappa shape index (κ1) is 23.2. The van der Waals surface area contributed by atoms with Gasteiger partial charge in [-0.05, 0) is 12.8 Å². The quantitative estimate of drug-likeness (QED) is 0.337. The smallest absolute Gasteiger partial charge is 0.404 e. The third-order valence-electron chi connectivity index (χ3n) is 4.23. The van der Waals surface area contributed by atoms with Gasteiger partial charge >= 0.3 is 12.1 Å². The molecule has 0 rings (SSSR count). The maximum atomic E-state index is 12.9. The predicted molar refractivity (Wildman–Crippen MR) is 90.6 cm³/mol. The lowest BCUT2D eigenvalue weighted by Gasteiger charge is -2.24. The lowest BCUT2D eigenvalue weighted by molar-refractivity contribution is -0.177. The molecule has 0 aliphatic heterocycles. The minimum Gasteiger partial charge on any atom is -0.465 e. The van der Waals surface area contributed by atoms with E-state index < -0.39 is 24.1 Å². The number of unbranched alkanes of at least 4 members (excludes halogenated alkanes) is 8. The van der Waals surface area contributed by atoms with Crippen LogP contribution in [0.15, 0.2) is 0 Å². The third-order valence-corrected chi connectivity index (χ3v) is 4.23. The van der Waals surface area contributed by atoms with Gasteiger partial charge in [0.2, 0.25) is 0 Å². The van der Waals surface area contributed by atoms with Crippen molar-refractivity contribution in [2.75, 3.05) is 6.61 Å². The second-order valence-corrected chi connectivity index (χ2v) is 6.46. The molecule has 0 aromatic heterocycles. The number of halogens is 3. The fourth-order valence-corrected chi connectivity index (χ4v) is 2.59. The first-order chi connectivity index (χ1) is 11.3. The zero-order valence-electron chi connectivity index (χ0n) is 15.2. The van der Waals surface area contributed by atoms with Crippen molar-refractivity contribution in [2.24, 2.45) is 11.7 Å². The minimum atomic E-state index is -4.57. The summed E-state index contributed by atoms with van der Waals surface area (Å²) in [7, 11) is 0. The maximum absolute atomic E-state index is 12.9. The van der Waals surface area contributed by atoms with Crippen molar-refractivity contribution in [2.45, 2.75) is 96.7 Å². The molecule has 2 N–H and O–H groups in total. The van der Waals surface area contributed by atoms with E-state index in [1.165, 1.54) is 25.7 Å². The summed E-state index contributed by atoms with van der Waals surface area (Å²) in [5.41, 5.74) is 5.27. The van der Waals surface area contributed by atoms with E-state index in [0.29, 0.717) is 12.8 Å². The van der Waals surface area contributed by atoms with Gasteiger partial charge < -0.3 is 10.5 Å². The second-order valence-electron chi connectivity index (χ2n) is 6.46. The molecule has 0 bridgehead atoms. The summed E-state index contributed by atoms with van der Waals surface area (Å²) in [6.45, 7) is 4.24. The van der Waals surface area contributed by atoms with Crippen molar-refractivity contribution in [3.63, 3.8) is 0 Å². The molecule has 0 spiro atoms. The van der Waals surface area contributed by atoms with Crippen LogP contribution in [0.4, 0.5) is 13.2 Å². The number of esters is 1. The normalized spacial score (nSPS) is 14.4. The number of rotatable bonds is 14. The van der Waals surface area contributed by atoms with Crippen LogP contribution in [0.25, 0.3) is 0 Å². The molecule has 0 aromatic rings. The number of carbonyl (C=O) groups excluding carboxylic acids is 1. The molecule has 0 heterocycles. The summed E-state index contributed by atoms with van der Waals surface area (Å²) < 4.78 is 43.6. The molecule has 3 nitrogen and oxygen atoms in total. The fourth-order valence-electron chi connectivity index (χ4n) is 2.59. The van der Waals surface area contributed by atoms with Crippen molar-refractivity contribution in [1.29, 1.82) is 0 Å². The Kier molecular flexibility index (Phi) is 13.1. The molecular formula is C18H34F3NO2. The van der Waals surface area contributed by atoms with Gasteiger partial charge in [-0.25, -0.2) is 0 Å². The van der Waals surface area contributed by atoms with Crippen LogP contribution >= 0.6 is 0 Å². The van der Waals surface area contributed by atoms with Gasteiger partial charge in [0, 0.05) is 0 Å². The molecule has 0 fully saturated rings. The van der Waals surface area contributed by atoms with Crippen LogP contribution in [0.3, 0.4) is 0 Å². The van der Waals surface area contributed by atoms with Gasteiger partial charge in [-0.2, -0.15) is 13.2 Å². The molecule has 0 unspecified atom stereocenters. The summed E-state index contributed by atoms with van der Waals surface area (Å²) in [6.07, 6.45) is 5.32. The largest absolute Gasteiger partial charge is 0.465 e. The van der Waals surface area contributed by atoms with Crippen molar-refractivity contribution < 1.29 is 22.7 Å². The first-order valence-corrected chi connectivity index (χ1v) is 9.33. The van der Waals surface area contributed by atoms with Crippen LogP contribution in [-0.2, 0) is 9.53 Å². The van der Waals surface area contributed by atoms with E-state index in [9.17, 15) is 18.0 Å². The van der Waals surface area contributed by atoms with Crippen LogP contribution in [0.5, 0.6) is 0 Å². The highest BCUT2D eigenvalue weighted by atomic mass is 19.4. The van der Waals surface area contributed by atoms with Gasteiger partial charge in [-0.15, -0.1) is 0 Å². The fraction of sp³-hybridized carbons (Fsp3) is 0.944. The molecule has 6 heteroatoms. The Labute approximate surface area is 144 Å². The number of alkyl halides is 3. The number of carbonyl (C=O) groups is 1. The van der Waals surface area contributed by atoms with Crippen LogP contribution in [0.1, 0.15) is 84.5 Å². The molecule has 0 amide bonds. The lowest BCUT2D eigenvalue weighted by Crippen LogP contribution is -2.47. The average Bonchev–Trinajstić information content (AvgIpc) is 2.52. The Bertz CT molecular complexity index is 322. The molecule has 0 saturated heterocycles. The number of hydrogen-bond donors (Lipinski definition) is 1. The molecule has 0 saturated carbocycles. The van der Waals surface area contributed by atoms with E-state index in [2.05, 4.69) is 6.92 Å². The predicted octanol–water partition coefficient (Wildman–Crippen LogP) is 5.37. The molecule has 144 valence electrons. The van der Waals surface area contributed by atoms with Gasteiger partial charge in [0.15, 0.2) is 0 Å². The average molecular weight is 353 g/mol. The van der Waals surface area contributed by atoms with Crippen molar-refractivity contribution in [1.82, 2.24) is 0 Å². The SMILES string of the molecule is CCCCCCCCCC[C@@H](C(=O)OCCCC)[C@@H](N)C(F)(F)F. The van der Waals surface area contributed by atoms with Gasteiger partial charge in [0.25, 0.3) is 0 Å². The molecule has 24 heavy (non-hydrogen) atoms. The molecule has 0 aliphatic carbocycles. The standard InChI is InChI=1S/C18H34F3NO2/c1-3-5-7-8-9-10-11-12-13-15(16(22)18(19,20)21)17(23)24-14-6-4-2/h15-16H,3-14,22H2,1-2H3/t15-,16-/m1/s1. The summed E-state index contributed by atoms with van der Waals surface area (Å²) in [4.78, 5) is 11.9. The minimum absolute atomic E-state index is 0.139. The zero-order valence-corrected chi connectivity index (χ0v) is 15.2. The van der Waals surface area contributed by atoms with Gasteiger partial charge in [0.05, 0.1) is 12.5 Å².